The lowest BCUT2D eigenvalue weighted by molar-refractivity contribution is 0.597. The minimum Gasteiger partial charge on any atom is -0.229 e. The molecule has 1 aromatic rings. The lowest BCUT2D eigenvalue weighted by atomic mass is 10.1. The third-order valence-electron chi connectivity index (χ3n) is 2.48. The second-order valence-electron chi connectivity index (χ2n) is 5.00. The third kappa shape index (κ3) is 10.3. The molecule has 1 aromatic carbocycles. The molecule has 0 fully saturated rings. The van der Waals surface area contributed by atoms with Gasteiger partial charge in [-0.25, -0.2) is 8.42 Å². The topological polar surface area (TPSA) is 34.1 Å². The molecule has 0 bridgehead atoms. The van der Waals surface area contributed by atoms with Crippen molar-refractivity contribution in [2.45, 2.75) is 47.0 Å². The van der Waals surface area contributed by atoms with E-state index in [0.29, 0.717) is 5.75 Å². The molecule has 0 saturated heterocycles. The highest BCUT2D eigenvalue weighted by Gasteiger charge is 1.98. The van der Waals surface area contributed by atoms with Gasteiger partial charge in [0.15, 0.2) is 0 Å². The van der Waals surface area contributed by atoms with E-state index in [1.165, 1.54) is 22.9 Å². The minimum absolute atomic E-state index is 0.348. The second-order valence-corrected chi connectivity index (χ2v) is 7.26. The zero-order valence-electron chi connectivity index (χ0n) is 12.3. The van der Waals surface area contributed by atoms with E-state index in [-0.39, 0.29) is 0 Å². The van der Waals surface area contributed by atoms with Gasteiger partial charge in [0.05, 0.1) is 0 Å². The summed E-state index contributed by atoms with van der Waals surface area (Å²) in [6.45, 7) is 8.43. The van der Waals surface area contributed by atoms with Crippen LogP contribution in [0.2, 0.25) is 0 Å². The largest absolute Gasteiger partial charge is 0.229 e. The Morgan fingerprint density at radius 1 is 0.889 bits per heavy atom. The van der Waals surface area contributed by atoms with E-state index in [1.54, 1.807) is 0 Å². The van der Waals surface area contributed by atoms with Gasteiger partial charge in [0.25, 0.3) is 0 Å². The Labute approximate surface area is 112 Å². The Kier molecular flexibility index (Phi) is 7.92. The quantitative estimate of drug-likeness (QED) is 0.779. The summed E-state index contributed by atoms with van der Waals surface area (Å²) in [6.07, 6.45) is 4.20. The molecule has 0 atom stereocenters. The summed E-state index contributed by atoms with van der Waals surface area (Å²) < 4.78 is 21.0. The van der Waals surface area contributed by atoms with Crippen LogP contribution in [-0.4, -0.2) is 20.4 Å². The number of aryl methyl sites for hydroxylation is 3. The van der Waals surface area contributed by atoms with Crippen LogP contribution in [0.5, 0.6) is 0 Å². The maximum absolute atomic E-state index is 10.5. The first-order chi connectivity index (χ1) is 8.24. The fourth-order valence-electron chi connectivity index (χ4n) is 1.82. The molecule has 3 heteroatoms. The molecule has 0 unspecified atom stereocenters. The van der Waals surface area contributed by atoms with E-state index in [4.69, 9.17) is 0 Å². The highest BCUT2D eigenvalue weighted by atomic mass is 32.2. The van der Waals surface area contributed by atoms with E-state index >= 15 is 0 Å². The van der Waals surface area contributed by atoms with Gasteiger partial charge in [-0.05, 0) is 27.2 Å². The number of unbranched alkanes of at least 4 members (excludes halogenated alkanes) is 2. The molecule has 0 saturated carbocycles. The van der Waals surface area contributed by atoms with Gasteiger partial charge in [-0.2, -0.15) is 0 Å². The van der Waals surface area contributed by atoms with Crippen molar-refractivity contribution in [3.63, 3.8) is 0 Å². The summed E-state index contributed by atoms with van der Waals surface area (Å²) in [5.41, 5.74) is 4.06. The molecule has 0 aromatic heterocycles. The van der Waals surface area contributed by atoms with Crippen molar-refractivity contribution in [1.29, 1.82) is 0 Å². The summed E-state index contributed by atoms with van der Waals surface area (Å²) in [5.74, 6) is 0.348. The fourth-order valence-corrected chi connectivity index (χ4v) is 2.55. The normalized spacial score (nSPS) is 10.7. The molecule has 0 aliphatic heterocycles. The van der Waals surface area contributed by atoms with Crippen LogP contribution in [0.25, 0.3) is 0 Å². The SMILES string of the molecule is CCCCCS(C)(=O)=O.Cc1cc(C)cc(C)c1. The first kappa shape index (κ1) is 17.2. The van der Waals surface area contributed by atoms with Gasteiger partial charge in [0, 0.05) is 12.0 Å². The van der Waals surface area contributed by atoms with Crippen molar-refractivity contribution >= 4 is 9.84 Å². The van der Waals surface area contributed by atoms with Gasteiger partial charge in [0.1, 0.15) is 9.84 Å². The maximum atomic E-state index is 10.5. The number of rotatable bonds is 4. The summed E-state index contributed by atoms with van der Waals surface area (Å²) in [7, 11) is -2.70. The van der Waals surface area contributed by atoms with Gasteiger partial charge in [-0.15, -0.1) is 0 Å². The molecule has 0 spiro atoms. The molecule has 0 radical (unpaired) electrons. The molecule has 0 aliphatic carbocycles. The van der Waals surface area contributed by atoms with Crippen LogP contribution >= 0.6 is 0 Å². The van der Waals surface area contributed by atoms with Crippen LogP contribution in [0.15, 0.2) is 18.2 Å². The van der Waals surface area contributed by atoms with E-state index in [9.17, 15) is 8.42 Å². The summed E-state index contributed by atoms with van der Waals surface area (Å²) in [4.78, 5) is 0. The summed E-state index contributed by atoms with van der Waals surface area (Å²) in [6, 6.07) is 6.56. The van der Waals surface area contributed by atoms with E-state index < -0.39 is 9.84 Å². The molecular weight excluding hydrogens is 244 g/mol. The average molecular weight is 270 g/mol. The minimum atomic E-state index is -2.70. The fraction of sp³-hybridized carbons (Fsp3) is 0.600. The van der Waals surface area contributed by atoms with Crippen molar-refractivity contribution in [3.8, 4) is 0 Å². The number of benzene rings is 1. The Morgan fingerprint density at radius 2 is 1.28 bits per heavy atom. The smallest absolute Gasteiger partial charge is 0.147 e. The van der Waals surface area contributed by atoms with Crippen molar-refractivity contribution in [1.82, 2.24) is 0 Å². The lowest BCUT2D eigenvalue weighted by Crippen LogP contribution is -2.01. The van der Waals surface area contributed by atoms with Gasteiger partial charge >= 0.3 is 0 Å². The van der Waals surface area contributed by atoms with Crippen molar-refractivity contribution in [2.75, 3.05) is 12.0 Å². The molecule has 0 amide bonds. The first-order valence-electron chi connectivity index (χ1n) is 6.47. The Balaban J connectivity index is 0.000000321. The summed E-state index contributed by atoms with van der Waals surface area (Å²) in [5, 5.41) is 0. The van der Waals surface area contributed by atoms with Crippen molar-refractivity contribution < 1.29 is 8.42 Å². The standard InChI is InChI=1S/C9H12.C6H14O2S/c1-7-4-8(2)6-9(3)5-7;1-3-4-5-6-9(2,7)8/h4-6H,1-3H3;3-6H2,1-2H3. The van der Waals surface area contributed by atoms with Crippen LogP contribution in [0.3, 0.4) is 0 Å². The van der Waals surface area contributed by atoms with Crippen molar-refractivity contribution in [2.24, 2.45) is 0 Å². The number of sulfone groups is 1. The van der Waals surface area contributed by atoms with Crippen molar-refractivity contribution in [3.05, 3.63) is 34.9 Å². The molecular formula is C15H26O2S. The molecule has 0 aliphatic rings. The number of hydrogen-bond acceptors (Lipinski definition) is 2. The molecule has 1 rings (SSSR count). The van der Waals surface area contributed by atoms with Gasteiger partial charge in [-0.3, -0.25) is 0 Å². The van der Waals surface area contributed by atoms with Crippen LogP contribution in [0, 0.1) is 20.8 Å². The monoisotopic (exact) mass is 270 g/mol. The van der Waals surface area contributed by atoms with Gasteiger partial charge in [-0.1, -0.05) is 54.7 Å². The first-order valence-corrected chi connectivity index (χ1v) is 8.53. The van der Waals surface area contributed by atoms with E-state index in [1.807, 2.05) is 0 Å². The molecule has 2 nitrogen and oxygen atoms in total. The van der Waals surface area contributed by atoms with Crippen LogP contribution < -0.4 is 0 Å². The predicted octanol–water partition coefficient (Wildman–Crippen LogP) is 3.83. The Morgan fingerprint density at radius 3 is 1.56 bits per heavy atom. The zero-order valence-corrected chi connectivity index (χ0v) is 13.1. The Hall–Kier alpha value is -0.830. The van der Waals surface area contributed by atoms with E-state index in [0.717, 1.165) is 19.3 Å². The maximum Gasteiger partial charge on any atom is 0.147 e. The average Bonchev–Trinajstić information content (AvgIpc) is 2.14. The molecule has 0 N–H and O–H groups in total. The summed E-state index contributed by atoms with van der Waals surface area (Å²) >= 11 is 0. The second kappa shape index (κ2) is 8.30. The lowest BCUT2D eigenvalue weighted by Gasteiger charge is -1.96. The molecule has 0 heterocycles. The predicted molar refractivity (Wildman–Crippen MR) is 79.9 cm³/mol. The van der Waals surface area contributed by atoms with E-state index in [2.05, 4.69) is 45.9 Å². The highest BCUT2D eigenvalue weighted by molar-refractivity contribution is 7.90. The van der Waals surface area contributed by atoms with Gasteiger partial charge < -0.3 is 0 Å². The third-order valence-corrected chi connectivity index (χ3v) is 3.51. The zero-order chi connectivity index (χ0) is 14.2. The van der Waals surface area contributed by atoms with Crippen LogP contribution in [0.4, 0.5) is 0 Å². The Bertz CT molecular complexity index is 397. The van der Waals surface area contributed by atoms with Crippen LogP contribution in [-0.2, 0) is 9.84 Å². The molecule has 104 valence electrons. The van der Waals surface area contributed by atoms with Gasteiger partial charge in [0.2, 0.25) is 0 Å². The molecule has 18 heavy (non-hydrogen) atoms. The number of hydrogen-bond donors (Lipinski definition) is 0. The highest BCUT2D eigenvalue weighted by Crippen LogP contribution is 2.06. The van der Waals surface area contributed by atoms with Crippen LogP contribution in [0.1, 0.15) is 42.9 Å².